The van der Waals surface area contributed by atoms with E-state index in [9.17, 15) is 4.39 Å². The summed E-state index contributed by atoms with van der Waals surface area (Å²) in [5.41, 5.74) is 7.66. The van der Waals surface area contributed by atoms with Gasteiger partial charge in [0.25, 0.3) is 0 Å². The summed E-state index contributed by atoms with van der Waals surface area (Å²) in [6.07, 6.45) is 1.16. The van der Waals surface area contributed by atoms with E-state index in [-0.39, 0.29) is 5.82 Å². The minimum atomic E-state index is -0.332. The number of anilines is 1. The van der Waals surface area contributed by atoms with Gasteiger partial charge in [0.1, 0.15) is 5.82 Å². The van der Waals surface area contributed by atoms with Crippen LogP contribution in [-0.2, 0) is 6.54 Å². The van der Waals surface area contributed by atoms with E-state index in [0.29, 0.717) is 34.0 Å². The highest BCUT2D eigenvalue weighted by Gasteiger charge is 2.46. The zero-order valence-corrected chi connectivity index (χ0v) is 11.9. The maximum absolute atomic E-state index is 13.8. The number of tetrazole rings is 1. The summed E-state index contributed by atoms with van der Waals surface area (Å²) in [7, 11) is 0. The minimum absolute atomic E-state index is 0.332. The molecule has 1 aliphatic rings. The van der Waals surface area contributed by atoms with Crippen molar-refractivity contribution in [3.05, 3.63) is 23.5 Å². The number of aromatic nitrogens is 4. The van der Waals surface area contributed by atoms with Crippen LogP contribution in [0.2, 0.25) is 0 Å². The highest BCUT2D eigenvalue weighted by Crippen LogP contribution is 2.52. The molecule has 3 rings (SSSR count). The number of nitrogens with zero attached hydrogens (tertiary/aromatic N) is 4. The quantitative estimate of drug-likeness (QED) is 0.873. The van der Waals surface area contributed by atoms with Gasteiger partial charge in [0, 0.05) is 23.4 Å². The molecule has 0 bridgehead atoms. The third-order valence-electron chi connectivity index (χ3n) is 4.29. The third-order valence-corrected chi connectivity index (χ3v) is 4.29. The van der Waals surface area contributed by atoms with Gasteiger partial charge in [-0.15, -0.1) is 5.10 Å². The van der Waals surface area contributed by atoms with Crippen LogP contribution in [-0.4, -0.2) is 20.2 Å². The molecule has 20 heavy (non-hydrogen) atoms. The van der Waals surface area contributed by atoms with E-state index in [4.69, 9.17) is 5.73 Å². The van der Waals surface area contributed by atoms with Crippen LogP contribution in [0.25, 0.3) is 11.4 Å². The molecule has 1 heterocycles. The maximum Gasteiger partial charge on any atom is 0.182 e. The fourth-order valence-corrected chi connectivity index (χ4v) is 2.46. The van der Waals surface area contributed by atoms with Crippen molar-refractivity contribution in [2.24, 2.45) is 11.3 Å². The van der Waals surface area contributed by atoms with Crippen molar-refractivity contribution < 1.29 is 4.39 Å². The lowest BCUT2D eigenvalue weighted by atomic mass is 10.1. The lowest BCUT2D eigenvalue weighted by Crippen LogP contribution is -2.08. The van der Waals surface area contributed by atoms with Crippen LogP contribution in [0, 0.1) is 24.1 Å². The standard InChI is InChI=1S/C14H18FN5/c1-8-11(15)4-9(5-12(8)16)13-17-18-19-20(13)7-10-6-14(10,2)3/h4-5,10H,6-7,16H2,1-3H3. The molecule has 1 saturated carbocycles. The normalized spacial score (nSPS) is 20.1. The molecule has 1 aromatic heterocycles. The highest BCUT2D eigenvalue weighted by atomic mass is 19.1. The lowest BCUT2D eigenvalue weighted by Gasteiger charge is -2.08. The Balaban J connectivity index is 1.93. The molecule has 1 unspecified atom stereocenters. The Morgan fingerprint density at radius 1 is 1.45 bits per heavy atom. The molecular weight excluding hydrogens is 257 g/mol. The first-order valence-corrected chi connectivity index (χ1v) is 6.70. The van der Waals surface area contributed by atoms with Gasteiger partial charge in [-0.25, -0.2) is 9.07 Å². The molecule has 1 aliphatic carbocycles. The zero-order valence-electron chi connectivity index (χ0n) is 11.9. The van der Waals surface area contributed by atoms with Crippen LogP contribution in [0.15, 0.2) is 12.1 Å². The number of halogens is 1. The number of benzene rings is 1. The average Bonchev–Trinajstić information content (AvgIpc) is 2.78. The molecule has 0 radical (unpaired) electrons. The summed E-state index contributed by atoms with van der Waals surface area (Å²) in [4.78, 5) is 0. The number of nitrogens with two attached hydrogens (primary N) is 1. The molecule has 1 fully saturated rings. The summed E-state index contributed by atoms with van der Waals surface area (Å²) in [5, 5.41) is 11.7. The van der Waals surface area contributed by atoms with Gasteiger partial charge in [0.2, 0.25) is 0 Å². The van der Waals surface area contributed by atoms with E-state index in [1.165, 1.54) is 6.07 Å². The number of rotatable bonds is 3. The fraction of sp³-hybridized carbons (Fsp3) is 0.500. The molecule has 2 aromatic rings. The Morgan fingerprint density at radius 2 is 2.15 bits per heavy atom. The van der Waals surface area contributed by atoms with E-state index in [2.05, 4.69) is 29.4 Å². The first kappa shape index (κ1) is 13.0. The molecule has 0 spiro atoms. The molecule has 1 atom stereocenters. The Hall–Kier alpha value is -1.98. The van der Waals surface area contributed by atoms with E-state index in [1.54, 1.807) is 17.7 Å². The second-order valence-corrected chi connectivity index (χ2v) is 6.25. The van der Waals surface area contributed by atoms with Crippen molar-refractivity contribution in [1.82, 2.24) is 20.2 Å². The topological polar surface area (TPSA) is 69.6 Å². The second-order valence-electron chi connectivity index (χ2n) is 6.25. The van der Waals surface area contributed by atoms with Crippen molar-refractivity contribution in [1.29, 1.82) is 0 Å². The van der Waals surface area contributed by atoms with Crippen molar-refractivity contribution in [3.8, 4) is 11.4 Å². The SMILES string of the molecule is Cc1c(N)cc(-c2nnnn2CC2CC2(C)C)cc1F. The third kappa shape index (κ3) is 2.15. The van der Waals surface area contributed by atoms with E-state index >= 15 is 0 Å². The lowest BCUT2D eigenvalue weighted by molar-refractivity contribution is 0.467. The second kappa shape index (κ2) is 4.26. The molecule has 2 N–H and O–H groups in total. The molecule has 106 valence electrons. The highest BCUT2D eigenvalue weighted by molar-refractivity contribution is 5.63. The van der Waals surface area contributed by atoms with Gasteiger partial charge < -0.3 is 5.73 Å². The van der Waals surface area contributed by atoms with Gasteiger partial charge in [0.05, 0.1) is 0 Å². The molecule has 5 nitrogen and oxygen atoms in total. The van der Waals surface area contributed by atoms with Crippen LogP contribution in [0.3, 0.4) is 0 Å². The zero-order chi connectivity index (χ0) is 14.5. The number of hydrogen-bond acceptors (Lipinski definition) is 4. The van der Waals surface area contributed by atoms with Crippen molar-refractivity contribution in [2.75, 3.05) is 5.73 Å². The Kier molecular flexibility index (Phi) is 2.77. The maximum atomic E-state index is 13.8. The summed E-state index contributed by atoms with van der Waals surface area (Å²) >= 11 is 0. The van der Waals surface area contributed by atoms with E-state index in [1.807, 2.05) is 0 Å². The average molecular weight is 275 g/mol. The van der Waals surface area contributed by atoms with Crippen LogP contribution in [0.5, 0.6) is 0 Å². The van der Waals surface area contributed by atoms with Crippen molar-refractivity contribution in [3.63, 3.8) is 0 Å². The van der Waals surface area contributed by atoms with E-state index < -0.39 is 0 Å². The predicted molar refractivity (Wildman–Crippen MR) is 74.2 cm³/mol. The van der Waals surface area contributed by atoms with Crippen LogP contribution in [0.4, 0.5) is 10.1 Å². The van der Waals surface area contributed by atoms with Crippen LogP contribution >= 0.6 is 0 Å². The number of nitrogen functional groups attached to an aromatic ring is 1. The Bertz CT molecular complexity index is 638. The van der Waals surface area contributed by atoms with Crippen LogP contribution in [0.1, 0.15) is 25.8 Å². The molecule has 6 heteroatoms. The largest absolute Gasteiger partial charge is 0.398 e. The first-order chi connectivity index (χ1) is 9.38. The van der Waals surface area contributed by atoms with Gasteiger partial charge in [-0.05, 0) is 47.2 Å². The number of hydrogen-bond donors (Lipinski definition) is 1. The van der Waals surface area contributed by atoms with Gasteiger partial charge in [-0.2, -0.15) is 0 Å². The summed E-state index contributed by atoms with van der Waals surface area (Å²) in [6.45, 7) is 6.87. The fourth-order valence-electron chi connectivity index (χ4n) is 2.46. The van der Waals surface area contributed by atoms with E-state index in [0.717, 1.165) is 13.0 Å². The van der Waals surface area contributed by atoms with Gasteiger partial charge >= 0.3 is 0 Å². The summed E-state index contributed by atoms with van der Waals surface area (Å²) in [6, 6.07) is 3.16. The predicted octanol–water partition coefficient (Wildman–Crippen LogP) is 2.42. The van der Waals surface area contributed by atoms with Gasteiger partial charge in [0.15, 0.2) is 5.82 Å². The summed E-state index contributed by atoms with van der Waals surface area (Å²) < 4.78 is 15.5. The van der Waals surface area contributed by atoms with Gasteiger partial charge in [-0.3, -0.25) is 0 Å². The Labute approximate surface area is 117 Å². The molecule has 0 aliphatic heterocycles. The summed E-state index contributed by atoms with van der Waals surface area (Å²) in [5.74, 6) is 0.803. The molecule has 1 aromatic carbocycles. The Morgan fingerprint density at radius 3 is 2.75 bits per heavy atom. The minimum Gasteiger partial charge on any atom is -0.398 e. The first-order valence-electron chi connectivity index (χ1n) is 6.70. The molecule has 0 amide bonds. The van der Waals surface area contributed by atoms with Crippen LogP contribution < -0.4 is 5.73 Å². The van der Waals surface area contributed by atoms with Gasteiger partial charge in [-0.1, -0.05) is 13.8 Å². The van der Waals surface area contributed by atoms with Crippen molar-refractivity contribution >= 4 is 5.69 Å². The monoisotopic (exact) mass is 275 g/mol. The van der Waals surface area contributed by atoms with Crippen molar-refractivity contribution in [2.45, 2.75) is 33.7 Å². The molecular formula is C14H18FN5. The molecule has 0 saturated heterocycles. The smallest absolute Gasteiger partial charge is 0.182 e.